The second-order valence-corrected chi connectivity index (χ2v) is 6.44. The van der Waals surface area contributed by atoms with Crippen LogP contribution in [0.4, 0.5) is 0 Å². The minimum absolute atomic E-state index is 0.560. The first kappa shape index (κ1) is 15.2. The Labute approximate surface area is 135 Å². The fraction of sp³-hybridized carbons (Fsp3) is 0.500. The van der Waals surface area contributed by atoms with Crippen LogP contribution >= 0.6 is 23.2 Å². The zero-order chi connectivity index (χ0) is 14.7. The Morgan fingerprint density at radius 3 is 2.95 bits per heavy atom. The lowest BCUT2D eigenvalue weighted by Gasteiger charge is -2.19. The summed E-state index contributed by atoms with van der Waals surface area (Å²) in [6.45, 7) is 3.88. The summed E-state index contributed by atoms with van der Waals surface area (Å²) in [5.41, 5.74) is 2.13. The number of halogens is 2. The van der Waals surface area contributed by atoms with Gasteiger partial charge >= 0.3 is 0 Å². The lowest BCUT2D eigenvalue weighted by Crippen LogP contribution is -2.25. The maximum absolute atomic E-state index is 6.12. The molecular weight excluding hydrogens is 309 g/mol. The van der Waals surface area contributed by atoms with Gasteiger partial charge in [-0.15, -0.1) is 0 Å². The smallest absolute Gasteiger partial charge is 0.145 e. The van der Waals surface area contributed by atoms with Crippen LogP contribution in [0.15, 0.2) is 17.7 Å². The first-order valence-electron chi connectivity index (χ1n) is 7.32. The highest BCUT2D eigenvalue weighted by Gasteiger charge is 2.20. The average molecular weight is 328 g/mol. The van der Waals surface area contributed by atoms with Crippen molar-refractivity contribution in [2.75, 3.05) is 32.9 Å². The number of nitrogens with one attached hydrogen (secondary N) is 1. The molecule has 3 rings (SSSR count). The van der Waals surface area contributed by atoms with Gasteiger partial charge in [-0.1, -0.05) is 23.2 Å². The van der Waals surface area contributed by atoms with Gasteiger partial charge in [0.05, 0.1) is 11.6 Å². The van der Waals surface area contributed by atoms with Crippen LogP contribution in [-0.4, -0.2) is 32.9 Å². The molecule has 0 atom stereocenters. The number of ether oxygens (including phenoxy) is 2. The summed E-state index contributed by atoms with van der Waals surface area (Å²) < 4.78 is 11.3. The number of hydrogen-bond donors (Lipinski definition) is 1. The van der Waals surface area contributed by atoms with Crippen molar-refractivity contribution in [2.24, 2.45) is 5.92 Å². The van der Waals surface area contributed by atoms with E-state index in [1.807, 2.05) is 6.07 Å². The van der Waals surface area contributed by atoms with Crippen molar-refractivity contribution in [1.29, 1.82) is 0 Å². The number of benzene rings is 1. The van der Waals surface area contributed by atoms with Gasteiger partial charge in [0, 0.05) is 30.3 Å². The molecule has 114 valence electrons. The van der Waals surface area contributed by atoms with Gasteiger partial charge in [0.25, 0.3) is 0 Å². The standard InChI is InChI=1S/C16H19Cl2NO2/c17-14-6-13-5-12(10-21-16(13)15(18)7-14)8-19-3-4-20-9-11-1-2-11/h5-7,11,19H,1-4,8-10H2. The minimum atomic E-state index is 0.560. The van der Waals surface area contributed by atoms with E-state index in [0.29, 0.717) is 16.7 Å². The first-order valence-corrected chi connectivity index (χ1v) is 8.08. The molecule has 1 aromatic rings. The molecule has 0 unspecified atom stereocenters. The molecule has 3 nitrogen and oxygen atoms in total. The summed E-state index contributed by atoms with van der Waals surface area (Å²) in [6.07, 6.45) is 4.76. The van der Waals surface area contributed by atoms with Gasteiger partial charge in [-0.3, -0.25) is 0 Å². The Kier molecular flexibility index (Phi) is 5.07. The number of hydrogen-bond acceptors (Lipinski definition) is 3. The molecule has 0 aromatic heterocycles. The molecule has 0 spiro atoms. The van der Waals surface area contributed by atoms with E-state index in [1.165, 1.54) is 18.4 Å². The van der Waals surface area contributed by atoms with Gasteiger partial charge in [0.2, 0.25) is 0 Å². The van der Waals surface area contributed by atoms with Crippen molar-refractivity contribution >= 4 is 29.3 Å². The molecule has 1 aliphatic heterocycles. The molecule has 5 heteroatoms. The third kappa shape index (κ3) is 4.36. The maximum atomic E-state index is 6.12. The van der Waals surface area contributed by atoms with Crippen LogP contribution in [-0.2, 0) is 4.74 Å². The molecule has 1 aliphatic carbocycles. The van der Waals surface area contributed by atoms with Gasteiger partial charge in [0.15, 0.2) is 0 Å². The lowest BCUT2D eigenvalue weighted by molar-refractivity contribution is 0.126. The van der Waals surface area contributed by atoms with Gasteiger partial charge in [-0.05, 0) is 42.5 Å². The van der Waals surface area contributed by atoms with Crippen LogP contribution in [0.3, 0.4) is 0 Å². The molecule has 1 heterocycles. The molecule has 1 fully saturated rings. The zero-order valence-corrected chi connectivity index (χ0v) is 13.3. The molecule has 0 saturated heterocycles. The van der Waals surface area contributed by atoms with Crippen LogP contribution in [0.5, 0.6) is 5.75 Å². The van der Waals surface area contributed by atoms with E-state index in [-0.39, 0.29) is 0 Å². The van der Waals surface area contributed by atoms with Crippen molar-refractivity contribution in [3.8, 4) is 5.75 Å². The van der Waals surface area contributed by atoms with Gasteiger partial charge < -0.3 is 14.8 Å². The van der Waals surface area contributed by atoms with Gasteiger partial charge in [-0.25, -0.2) is 0 Å². The zero-order valence-electron chi connectivity index (χ0n) is 11.8. The lowest BCUT2D eigenvalue weighted by atomic mass is 10.1. The molecule has 21 heavy (non-hydrogen) atoms. The van der Waals surface area contributed by atoms with Crippen molar-refractivity contribution < 1.29 is 9.47 Å². The Morgan fingerprint density at radius 1 is 1.29 bits per heavy atom. The minimum Gasteiger partial charge on any atom is -0.487 e. The predicted molar refractivity (Wildman–Crippen MR) is 86.3 cm³/mol. The molecular formula is C16H19Cl2NO2. The quantitative estimate of drug-likeness (QED) is 0.773. The summed E-state index contributed by atoms with van der Waals surface area (Å²) in [7, 11) is 0. The van der Waals surface area contributed by atoms with Crippen LogP contribution in [0.2, 0.25) is 10.0 Å². The summed E-state index contributed by atoms with van der Waals surface area (Å²) in [5, 5.41) is 4.56. The monoisotopic (exact) mass is 327 g/mol. The highest BCUT2D eigenvalue weighted by molar-refractivity contribution is 6.36. The van der Waals surface area contributed by atoms with E-state index in [2.05, 4.69) is 11.4 Å². The number of rotatable bonds is 7. The normalized spacial score (nSPS) is 17.1. The first-order chi connectivity index (χ1) is 10.2. The second kappa shape index (κ2) is 7.01. The second-order valence-electron chi connectivity index (χ2n) is 5.59. The highest BCUT2D eigenvalue weighted by Crippen LogP contribution is 2.36. The van der Waals surface area contributed by atoms with Gasteiger partial charge in [-0.2, -0.15) is 0 Å². The van der Waals surface area contributed by atoms with E-state index in [9.17, 15) is 0 Å². The average Bonchev–Trinajstić information content (AvgIpc) is 3.26. The van der Waals surface area contributed by atoms with E-state index in [1.54, 1.807) is 6.07 Å². The van der Waals surface area contributed by atoms with Crippen LogP contribution in [0, 0.1) is 5.92 Å². The summed E-state index contributed by atoms with van der Waals surface area (Å²) in [4.78, 5) is 0. The highest BCUT2D eigenvalue weighted by atomic mass is 35.5. The fourth-order valence-electron chi connectivity index (χ4n) is 2.30. The molecule has 2 aliphatic rings. The van der Waals surface area contributed by atoms with Crippen molar-refractivity contribution in [3.05, 3.63) is 33.3 Å². The molecule has 1 N–H and O–H groups in total. The third-order valence-electron chi connectivity index (χ3n) is 3.62. The molecule has 1 saturated carbocycles. The molecule has 1 aromatic carbocycles. The fourth-order valence-corrected chi connectivity index (χ4v) is 2.86. The Morgan fingerprint density at radius 2 is 2.14 bits per heavy atom. The van der Waals surface area contributed by atoms with E-state index in [4.69, 9.17) is 32.7 Å². The summed E-state index contributed by atoms with van der Waals surface area (Å²) >= 11 is 12.1. The predicted octanol–water partition coefficient (Wildman–Crippen LogP) is 3.79. The summed E-state index contributed by atoms with van der Waals surface area (Å²) in [5.74, 6) is 1.54. The Hall–Kier alpha value is -0.740. The molecule has 0 radical (unpaired) electrons. The van der Waals surface area contributed by atoms with E-state index < -0.39 is 0 Å². The van der Waals surface area contributed by atoms with Gasteiger partial charge in [0.1, 0.15) is 12.4 Å². The largest absolute Gasteiger partial charge is 0.487 e. The SMILES string of the molecule is Clc1cc(Cl)c2c(c1)C=C(CNCCOCC1CC1)CO2. The topological polar surface area (TPSA) is 30.5 Å². The number of fused-ring (bicyclic) bond motifs is 1. The maximum Gasteiger partial charge on any atom is 0.145 e. The van der Waals surface area contributed by atoms with E-state index >= 15 is 0 Å². The summed E-state index contributed by atoms with van der Waals surface area (Å²) in [6, 6.07) is 3.58. The Bertz CT molecular complexity index is 541. The van der Waals surface area contributed by atoms with Crippen LogP contribution in [0.25, 0.3) is 6.08 Å². The molecule has 0 bridgehead atoms. The van der Waals surface area contributed by atoms with Crippen LogP contribution in [0.1, 0.15) is 18.4 Å². The van der Waals surface area contributed by atoms with Crippen molar-refractivity contribution in [1.82, 2.24) is 5.32 Å². The van der Waals surface area contributed by atoms with E-state index in [0.717, 1.165) is 43.5 Å². The third-order valence-corrected chi connectivity index (χ3v) is 4.12. The Balaban J connectivity index is 1.46. The van der Waals surface area contributed by atoms with Crippen LogP contribution < -0.4 is 10.1 Å². The van der Waals surface area contributed by atoms with Crippen molar-refractivity contribution in [2.45, 2.75) is 12.8 Å². The van der Waals surface area contributed by atoms with Crippen molar-refractivity contribution in [3.63, 3.8) is 0 Å². The molecule has 0 amide bonds.